The number of nitrogen functional groups attached to an aromatic ring is 1. The van der Waals surface area contributed by atoms with Crippen molar-refractivity contribution in [3.05, 3.63) is 54.1 Å². The van der Waals surface area contributed by atoms with Crippen molar-refractivity contribution in [1.29, 1.82) is 0 Å². The SMILES string of the molecule is Nc1cc(S(=O)(=O)NCCc2cccnc2)ccc1F. The minimum absolute atomic E-state index is 0.0532. The lowest BCUT2D eigenvalue weighted by Crippen LogP contribution is -2.26. The zero-order valence-electron chi connectivity index (χ0n) is 10.6. The lowest BCUT2D eigenvalue weighted by molar-refractivity contribution is 0.581. The molecule has 0 aliphatic rings. The van der Waals surface area contributed by atoms with Crippen LogP contribution < -0.4 is 10.5 Å². The van der Waals surface area contributed by atoms with Crippen LogP contribution in [0.3, 0.4) is 0 Å². The standard InChI is InChI=1S/C13H14FN3O2S/c14-12-4-3-11(8-13(12)15)20(18,19)17-7-5-10-2-1-6-16-9-10/h1-4,6,8-9,17H,5,7,15H2. The number of pyridine rings is 1. The largest absolute Gasteiger partial charge is 0.396 e. The Morgan fingerprint density at radius 3 is 2.75 bits per heavy atom. The summed E-state index contributed by atoms with van der Waals surface area (Å²) in [6.07, 6.45) is 3.84. The zero-order chi connectivity index (χ0) is 14.6. The van der Waals surface area contributed by atoms with E-state index in [1.165, 1.54) is 6.07 Å². The van der Waals surface area contributed by atoms with Gasteiger partial charge in [-0.3, -0.25) is 4.98 Å². The van der Waals surface area contributed by atoms with Crippen LogP contribution in [-0.4, -0.2) is 19.9 Å². The zero-order valence-corrected chi connectivity index (χ0v) is 11.4. The fourth-order valence-electron chi connectivity index (χ4n) is 1.65. The Hall–Kier alpha value is -1.99. The number of nitrogens with two attached hydrogens (primary N) is 1. The lowest BCUT2D eigenvalue weighted by atomic mass is 10.2. The van der Waals surface area contributed by atoms with Gasteiger partial charge in [-0.25, -0.2) is 17.5 Å². The van der Waals surface area contributed by atoms with Crippen LogP contribution in [0.5, 0.6) is 0 Å². The van der Waals surface area contributed by atoms with Crippen LogP contribution in [-0.2, 0) is 16.4 Å². The van der Waals surface area contributed by atoms with Crippen molar-refractivity contribution in [2.24, 2.45) is 0 Å². The van der Waals surface area contributed by atoms with Gasteiger partial charge in [0.2, 0.25) is 10.0 Å². The Morgan fingerprint density at radius 1 is 1.30 bits per heavy atom. The highest BCUT2D eigenvalue weighted by atomic mass is 32.2. The summed E-state index contributed by atoms with van der Waals surface area (Å²) >= 11 is 0. The van der Waals surface area contributed by atoms with Gasteiger partial charge in [0.15, 0.2) is 0 Å². The predicted octanol–water partition coefficient (Wildman–Crippen LogP) is 1.32. The normalized spacial score (nSPS) is 11.4. The van der Waals surface area contributed by atoms with E-state index in [9.17, 15) is 12.8 Å². The molecule has 106 valence electrons. The van der Waals surface area contributed by atoms with E-state index in [1.54, 1.807) is 18.5 Å². The molecule has 20 heavy (non-hydrogen) atoms. The Kier molecular flexibility index (Phi) is 4.31. The number of aromatic nitrogens is 1. The second-order valence-electron chi connectivity index (χ2n) is 4.19. The fourth-order valence-corrected chi connectivity index (χ4v) is 2.71. The van der Waals surface area contributed by atoms with Gasteiger partial charge < -0.3 is 5.73 Å². The molecule has 0 spiro atoms. The number of nitrogens with one attached hydrogen (secondary N) is 1. The van der Waals surface area contributed by atoms with Crippen LogP contribution in [0.4, 0.5) is 10.1 Å². The molecule has 5 nitrogen and oxygen atoms in total. The summed E-state index contributed by atoms with van der Waals surface area (Å²) in [7, 11) is -3.69. The third-order valence-electron chi connectivity index (χ3n) is 2.71. The highest BCUT2D eigenvalue weighted by Gasteiger charge is 2.14. The molecule has 7 heteroatoms. The number of nitrogens with zero attached hydrogens (tertiary/aromatic N) is 1. The first-order valence-corrected chi connectivity index (χ1v) is 7.41. The second kappa shape index (κ2) is 5.98. The summed E-state index contributed by atoms with van der Waals surface area (Å²) in [5.41, 5.74) is 6.09. The van der Waals surface area contributed by atoms with Crippen molar-refractivity contribution in [2.45, 2.75) is 11.3 Å². The van der Waals surface area contributed by atoms with Gasteiger partial charge in [-0.2, -0.15) is 0 Å². The Labute approximate surface area is 116 Å². The van der Waals surface area contributed by atoms with Crippen molar-refractivity contribution >= 4 is 15.7 Å². The van der Waals surface area contributed by atoms with E-state index in [4.69, 9.17) is 5.73 Å². The molecule has 2 rings (SSSR count). The van der Waals surface area contributed by atoms with Crippen LogP contribution in [0.25, 0.3) is 0 Å². The van der Waals surface area contributed by atoms with E-state index in [0.29, 0.717) is 6.42 Å². The van der Waals surface area contributed by atoms with Gasteiger partial charge in [0, 0.05) is 18.9 Å². The molecule has 0 saturated heterocycles. The summed E-state index contributed by atoms with van der Waals surface area (Å²) in [5.74, 6) is -0.640. The average molecular weight is 295 g/mol. The van der Waals surface area contributed by atoms with Gasteiger partial charge in [-0.05, 0) is 36.2 Å². The van der Waals surface area contributed by atoms with Crippen LogP contribution in [0.15, 0.2) is 47.6 Å². The predicted molar refractivity (Wildman–Crippen MR) is 73.9 cm³/mol. The van der Waals surface area contributed by atoms with E-state index in [0.717, 1.165) is 17.7 Å². The van der Waals surface area contributed by atoms with Gasteiger partial charge in [0.25, 0.3) is 0 Å². The minimum atomic E-state index is -3.69. The quantitative estimate of drug-likeness (QED) is 0.815. The summed E-state index contributed by atoms with van der Waals surface area (Å²) in [6, 6.07) is 6.95. The van der Waals surface area contributed by atoms with Gasteiger partial charge in [0.1, 0.15) is 5.82 Å². The highest BCUT2D eigenvalue weighted by molar-refractivity contribution is 7.89. The number of anilines is 1. The maximum absolute atomic E-state index is 13.0. The Bertz CT molecular complexity index is 690. The van der Waals surface area contributed by atoms with Crippen LogP contribution >= 0.6 is 0 Å². The topological polar surface area (TPSA) is 85.1 Å². The average Bonchev–Trinajstić information content (AvgIpc) is 2.43. The number of halogens is 1. The molecular weight excluding hydrogens is 281 g/mol. The van der Waals surface area contributed by atoms with Crippen LogP contribution in [0.2, 0.25) is 0 Å². The van der Waals surface area contributed by atoms with Crippen molar-refractivity contribution in [3.63, 3.8) is 0 Å². The number of rotatable bonds is 5. The molecule has 0 atom stereocenters. The first-order valence-electron chi connectivity index (χ1n) is 5.92. The summed E-state index contributed by atoms with van der Waals surface area (Å²) in [6.45, 7) is 0.227. The molecule has 1 aromatic carbocycles. The van der Waals surface area contributed by atoms with E-state index < -0.39 is 15.8 Å². The first-order chi connectivity index (χ1) is 9.49. The molecule has 1 aromatic heterocycles. The smallest absolute Gasteiger partial charge is 0.240 e. The molecule has 0 radical (unpaired) electrons. The van der Waals surface area contributed by atoms with E-state index in [-0.39, 0.29) is 17.1 Å². The molecule has 1 heterocycles. The molecule has 0 bridgehead atoms. The fraction of sp³-hybridized carbons (Fsp3) is 0.154. The van der Waals surface area contributed by atoms with Gasteiger partial charge in [0.05, 0.1) is 10.6 Å². The number of sulfonamides is 1. The molecule has 0 unspecified atom stereocenters. The maximum Gasteiger partial charge on any atom is 0.240 e. The van der Waals surface area contributed by atoms with Gasteiger partial charge in [-0.1, -0.05) is 6.07 Å². The van der Waals surface area contributed by atoms with Crippen molar-refractivity contribution in [1.82, 2.24) is 9.71 Å². The summed E-state index contributed by atoms with van der Waals surface area (Å²) in [4.78, 5) is 3.89. The Morgan fingerprint density at radius 2 is 2.10 bits per heavy atom. The molecule has 0 aliphatic heterocycles. The molecule has 0 amide bonds. The molecule has 0 aliphatic carbocycles. The minimum Gasteiger partial charge on any atom is -0.396 e. The van der Waals surface area contributed by atoms with E-state index in [2.05, 4.69) is 9.71 Å². The van der Waals surface area contributed by atoms with Crippen LogP contribution in [0, 0.1) is 5.82 Å². The third kappa shape index (κ3) is 3.52. The highest BCUT2D eigenvalue weighted by Crippen LogP contribution is 2.16. The van der Waals surface area contributed by atoms with Gasteiger partial charge in [-0.15, -0.1) is 0 Å². The first kappa shape index (κ1) is 14.4. The van der Waals surface area contributed by atoms with Crippen molar-refractivity contribution in [2.75, 3.05) is 12.3 Å². The summed E-state index contributed by atoms with van der Waals surface area (Å²) < 4.78 is 39.4. The van der Waals surface area contributed by atoms with E-state index >= 15 is 0 Å². The lowest BCUT2D eigenvalue weighted by Gasteiger charge is -2.07. The monoisotopic (exact) mass is 295 g/mol. The number of hydrogen-bond donors (Lipinski definition) is 2. The molecule has 3 N–H and O–H groups in total. The molecule has 2 aromatic rings. The summed E-state index contributed by atoms with van der Waals surface area (Å²) in [5, 5.41) is 0. The van der Waals surface area contributed by atoms with Crippen molar-refractivity contribution in [3.8, 4) is 0 Å². The van der Waals surface area contributed by atoms with Gasteiger partial charge >= 0.3 is 0 Å². The van der Waals surface area contributed by atoms with Crippen molar-refractivity contribution < 1.29 is 12.8 Å². The number of hydrogen-bond acceptors (Lipinski definition) is 4. The number of benzene rings is 1. The maximum atomic E-state index is 13.0. The molecule has 0 fully saturated rings. The van der Waals surface area contributed by atoms with E-state index in [1.807, 2.05) is 6.07 Å². The Balaban J connectivity index is 2.02. The second-order valence-corrected chi connectivity index (χ2v) is 5.96. The third-order valence-corrected chi connectivity index (χ3v) is 4.17. The molecule has 0 saturated carbocycles. The van der Waals surface area contributed by atoms with Crippen LogP contribution in [0.1, 0.15) is 5.56 Å². The molecular formula is C13H14FN3O2S.